The summed E-state index contributed by atoms with van der Waals surface area (Å²) < 4.78 is 18.0. The van der Waals surface area contributed by atoms with Crippen LogP contribution < -0.4 is 5.32 Å². The molecule has 2 N–H and O–H groups in total. The average molecular weight is 284 g/mol. The molecule has 1 aromatic heterocycles. The lowest BCUT2D eigenvalue weighted by Crippen LogP contribution is -2.11. The highest BCUT2D eigenvalue weighted by molar-refractivity contribution is 6.30. The Morgan fingerprint density at radius 3 is 2.63 bits per heavy atom. The first-order valence-electron chi connectivity index (χ1n) is 5.05. The molecule has 7 heteroatoms. The van der Waals surface area contributed by atoms with E-state index in [2.05, 4.69) is 5.32 Å². The lowest BCUT2D eigenvalue weighted by molar-refractivity contribution is 0.0696. The lowest BCUT2D eigenvalue weighted by Gasteiger charge is -2.03. The van der Waals surface area contributed by atoms with Gasteiger partial charge in [-0.1, -0.05) is 11.6 Å². The van der Waals surface area contributed by atoms with Crippen molar-refractivity contribution in [2.24, 2.45) is 0 Å². The number of anilines is 1. The van der Waals surface area contributed by atoms with Crippen molar-refractivity contribution in [2.45, 2.75) is 0 Å². The fraction of sp³-hybridized carbons (Fsp3) is 0. The molecule has 2 aromatic rings. The Labute approximate surface area is 111 Å². The molecule has 0 aliphatic rings. The maximum Gasteiger partial charge on any atom is 0.338 e. The molecule has 0 saturated heterocycles. The SMILES string of the molecule is O=C(O)c1coc(C(=O)Nc2ccc(Cl)c(F)c2)c1. The van der Waals surface area contributed by atoms with Crippen LogP contribution in [0.5, 0.6) is 0 Å². The molecule has 0 fully saturated rings. The van der Waals surface area contributed by atoms with Crippen molar-refractivity contribution >= 4 is 29.2 Å². The van der Waals surface area contributed by atoms with E-state index in [1.165, 1.54) is 12.1 Å². The van der Waals surface area contributed by atoms with Crippen molar-refractivity contribution < 1.29 is 23.5 Å². The van der Waals surface area contributed by atoms with Crippen molar-refractivity contribution in [3.05, 3.63) is 52.7 Å². The van der Waals surface area contributed by atoms with Crippen molar-refractivity contribution in [1.82, 2.24) is 0 Å². The van der Waals surface area contributed by atoms with Crippen LogP contribution in [0.2, 0.25) is 5.02 Å². The number of amides is 1. The van der Waals surface area contributed by atoms with Crippen LogP contribution >= 0.6 is 11.6 Å². The molecule has 1 heterocycles. The van der Waals surface area contributed by atoms with E-state index in [9.17, 15) is 14.0 Å². The molecular weight excluding hydrogens is 277 g/mol. The number of nitrogens with one attached hydrogen (secondary N) is 1. The molecule has 1 aromatic carbocycles. The molecule has 0 saturated carbocycles. The first kappa shape index (κ1) is 13.1. The lowest BCUT2D eigenvalue weighted by atomic mass is 10.3. The van der Waals surface area contributed by atoms with Gasteiger partial charge in [0.1, 0.15) is 12.1 Å². The first-order valence-corrected chi connectivity index (χ1v) is 5.43. The molecule has 0 bridgehead atoms. The zero-order chi connectivity index (χ0) is 14.0. The maximum atomic E-state index is 13.2. The Kier molecular flexibility index (Phi) is 3.52. The highest BCUT2D eigenvalue weighted by atomic mass is 35.5. The van der Waals surface area contributed by atoms with Gasteiger partial charge in [-0.15, -0.1) is 0 Å². The molecule has 0 atom stereocenters. The van der Waals surface area contributed by atoms with Gasteiger partial charge < -0.3 is 14.8 Å². The Balaban J connectivity index is 2.15. The van der Waals surface area contributed by atoms with Gasteiger partial charge in [-0.2, -0.15) is 0 Å². The summed E-state index contributed by atoms with van der Waals surface area (Å²) in [6.07, 6.45) is 0.944. The van der Waals surface area contributed by atoms with Crippen molar-refractivity contribution in [3.8, 4) is 0 Å². The zero-order valence-corrected chi connectivity index (χ0v) is 10.1. The Morgan fingerprint density at radius 2 is 2.05 bits per heavy atom. The molecule has 0 unspecified atom stereocenters. The normalized spacial score (nSPS) is 10.2. The van der Waals surface area contributed by atoms with E-state index in [-0.39, 0.29) is 22.0 Å². The van der Waals surface area contributed by atoms with E-state index < -0.39 is 17.7 Å². The van der Waals surface area contributed by atoms with Crippen LogP contribution in [0, 0.1) is 5.82 Å². The highest BCUT2D eigenvalue weighted by Crippen LogP contribution is 2.19. The molecule has 0 aliphatic heterocycles. The van der Waals surface area contributed by atoms with Gasteiger partial charge in [-0.05, 0) is 18.2 Å². The fourth-order valence-electron chi connectivity index (χ4n) is 1.33. The Bertz CT molecular complexity index is 653. The van der Waals surface area contributed by atoms with Crippen LogP contribution in [0.3, 0.4) is 0 Å². The molecule has 1 amide bonds. The average Bonchev–Trinajstić information content (AvgIpc) is 2.83. The summed E-state index contributed by atoms with van der Waals surface area (Å²) in [5.74, 6) is -2.76. The number of carboxylic acids is 1. The highest BCUT2D eigenvalue weighted by Gasteiger charge is 2.15. The number of hydrogen-bond acceptors (Lipinski definition) is 3. The number of benzene rings is 1. The molecule has 0 radical (unpaired) electrons. The number of carboxylic acid groups (broad SMARTS) is 1. The second-order valence-corrected chi connectivity index (χ2v) is 3.99. The summed E-state index contributed by atoms with van der Waals surface area (Å²) >= 11 is 5.50. The van der Waals surface area contributed by atoms with Gasteiger partial charge in [-0.3, -0.25) is 4.79 Å². The summed E-state index contributed by atoms with van der Waals surface area (Å²) in [6, 6.07) is 4.81. The standard InChI is InChI=1S/C12H7ClFNO4/c13-8-2-1-7(4-9(8)14)15-11(16)10-3-6(5-19-10)12(17)18/h1-5H,(H,15,16)(H,17,18). The second-order valence-electron chi connectivity index (χ2n) is 3.59. The number of carbonyl (C=O) groups is 2. The fourth-order valence-corrected chi connectivity index (χ4v) is 1.45. The van der Waals surface area contributed by atoms with E-state index in [0.717, 1.165) is 18.4 Å². The summed E-state index contributed by atoms with van der Waals surface area (Å²) in [7, 11) is 0. The quantitative estimate of drug-likeness (QED) is 0.907. The van der Waals surface area contributed by atoms with Gasteiger partial charge in [0.15, 0.2) is 5.76 Å². The number of halogens is 2. The van der Waals surface area contributed by atoms with Crippen molar-refractivity contribution in [1.29, 1.82) is 0 Å². The molecule has 5 nitrogen and oxygen atoms in total. The minimum Gasteiger partial charge on any atom is -0.478 e. The van der Waals surface area contributed by atoms with Gasteiger partial charge in [0, 0.05) is 11.8 Å². The summed E-state index contributed by atoms with van der Waals surface area (Å²) in [5, 5.41) is 11.0. The van der Waals surface area contributed by atoms with E-state index >= 15 is 0 Å². The van der Waals surface area contributed by atoms with E-state index in [1.54, 1.807) is 0 Å². The van der Waals surface area contributed by atoms with Gasteiger partial charge >= 0.3 is 5.97 Å². The van der Waals surface area contributed by atoms with Gasteiger partial charge in [-0.25, -0.2) is 9.18 Å². The minimum atomic E-state index is -1.21. The monoisotopic (exact) mass is 283 g/mol. The van der Waals surface area contributed by atoms with Crippen LogP contribution in [0.1, 0.15) is 20.9 Å². The minimum absolute atomic E-state index is 0.0656. The molecule has 0 aliphatic carbocycles. The van der Waals surface area contributed by atoms with Crippen molar-refractivity contribution in [3.63, 3.8) is 0 Å². The number of rotatable bonds is 3. The van der Waals surface area contributed by atoms with Crippen LogP contribution in [0.25, 0.3) is 0 Å². The second kappa shape index (κ2) is 5.11. The van der Waals surface area contributed by atoms with Crippen molar-refractivity contribution in [2.75, 3.05) is 5.32 Å². The largest absolute Gasteiger partial charge is 0.478 e. The predicted molar refractivity (Wildman–Crippen MR) is 65.0 cm³/mol. The third-order valence-corrected chi connectivity index (χ3v) is 2.55. The maximum absolute atomic E-state index is 13.2. The van der Waals surface area contributed by atoms with E-state index in [0.29, 0.717) is 0 Å². The molecule has 19 heavy (non-hydrogen) atoms. The summed E-state index contributed by atoms with van der Waals surface area (Å²) in [6.45, 7) is 0. The third kappa shape index (κ3) is 2.92. The van der Waals surface area contributed by atoms with Crippen LogP contribution in [0.15, 0.2) is 34.9 Å². The van der Waals surface area contributed by atoms with Crippen LogP contribution in [-0.2, 0) is 0 Å². The molecule has 98 valence electrons. The third-order valence-electron chi connectivity index (χ3n) is 2.25. The number of aromatic carboxylic acids is 1. The van der Waals surface area contributed by atoms with Gasteiger partial charge in [0.25, 0.3) is 5.91 Å². The van der Waals surface area contributed by atoms with Gasteiger partial charge in [0.05, 0.1) is 10.6 Å². The number of furan rings is 1. The summed E-state index contributed by atoms with van der Waals surface area (Å²) in [4.78, 5) is 22.3. The summed E-state index contributed by atoms with van der Waals surface area (Å²) in [5.41, 5.74) is 0.0348. The topological polar surface area (TPSA) is 79.5 Å². The molecule has 0 spiro atoms. The van der Waals surface area contributed by atoms with Crippen LogP contribution in [-0.4, -0.2) is 17.0 Å². The molecular formula is C12H7ClFNO4. The Hall–Kier alpha value is -2.34. The Morgan fingerprint density at radius 1 is 1.32 bits per heavy atom. The van der Waals surface area contributed by atoms with E-state index in [1.807, 2.05) is 0 Å². The zero-order valence-electron chi connectivity index (χ0n) is 9.31. The van der Waals surface area contributed by atoms with E-state index in [4.69, 9.17) is 21.1 Å². The number of carbonyl (C=O) groups excluding carboxylic acids is 1. The smallest absolute Gasteiger partial charge is 0.338 e. The molecule has 2 rings (SSSR count). The number of hydrogen-bond donors (Lipinski definition) is 2. The first-order chi connectivity index (χ1) is 8.97. The van der Waals surface area contributed by atoms with Crippen LogP contribution in [0.4, 0.5) is 10.1 Å². The van der Waals surface area contributed by atoms with Gasteiger partial charge in [0.2, 0.25) is 0 Å². The predicted octanol–water partition coefficient (Wildman–Crippen LogP) is 3.02.